The van der Waals surface area contributed by atoms with E-state index in [1.54, 1.807) is 18.5 Å². The zero-order chi connectivity index (χ0) is 18.0. The summed E-state index contributed by atoms with van der Waals surface area (Å²) in [6, 6.07) is 12.5. The van der Waals surface area contributed by atoms with E-state index in [2.05, 4.69) is 46.2 Å². The number of likely N-dealkylation sites (tertiary alicyclic amines) is 1. The van der Waals surface area contributed by atoms with Gasteiger partial charge in [-0.3, -0.25) is 4.79 Å². The molecule has 4 rings (SSSR count). The molecule has 1 atom stereocenters. The topological polar surface area (TPSA) is 58.6 Å². The highest BCUT2D eigenvalue weighted by Gasteiger charge is 2.44. The molecule has 0 aliphatic carbocycles. The van der Waals surface area contributed by atoms with Gasteiger partial charge in [0.1, 0.15) is 0 Å². The molecule has 1 aromatic heterocycles. The Labute approximate surface area is 153 Å². The van der Waals surface area contributed by atoms with E-state index in [4.69, 9.17) is 4.74 Å². The van der Waals surface area contributed by atoms with E-state index < -0.39 is 0 Å². The fraction of sp³-hybridized carbons (Fsp3) is 0.450. The van der Waals surface area contributed by atoms with Gasteiger partial charge in [-0.15, -0.1) is 0 Å². The molecular weight excluding hydrogens is 328 g/mol. The molecule has 6 heteroatoms. The Hall–Kier alpha value is -2.47. The monoisotopic (exact) mass is 352 g/mol. The minimum absolute atomic E-state index is 0.0867. The summed E-state index contributed by atoms with van der Waals surface area (Å²) in [5.41, 5.74) is 1.11. The molecular formula is C20H24N4O2. The molecule has 6 nitrogen and oxygen atoms in total. The molecule has 1 amide bonds. The maximum atomic E-state index is 12.5. The van der Waals surface area contributed by atoms with Crippen LogP contribution < -0.4 is 4.90 Å². The molecule has 2 aromatic rings. The van der Waals surface area contributed by atoms with E-state index in [9.17, 15) is 4.79 Å². The number of hydrogen-bond acceptors (Lipinski definition) is 5. The minimum Gasteiger partial charge on any atom is -0.373 e. The first-order valence-electron chi connectivity index (χ1n) is 9.15. The number of aromatic nitrogens is 2. The summed E-state index contributed by atoms with van der Waals surface area (Å²) >= 11 is 0. The predicted octanol–water partition coefficient (Wildman–Crippen LogP) is 2.38. The molecule has 26 heavy (non-hydrogen) atoms. The second-order valence-electron chi connectivity index (χ2n) is 7.16. The number of benzene rings is 1. The van der Waals surface area contributed by atoms with Crippen LogP contribution in [0.5, 0.6) is 0 Å². The fourth-order valence-corrected chi connectivity index (χ4v) is 3.96. The van der Waals surface area contributed by atoms with Crippen LogP contribution in [0.2, 0.25) is 0 Å². The molecule has 2 fully saturated rings. The van der Waals surface area contributed by atoms with Crippen LogP contribution in [0.15, 0.2) is 48.8 Å². The summed E-state index contributed by atoms with van der Waals surface area (Å²) in [6.45, 7) is 2.12. The van der Waals surface area contributed by atoms with E-state index in [1.807, 2.05) is 11.0 Å². The maximum absolute atomic E-state index is 12.5. The SMILES string of the molecule is CN(c1ccccc1)[C@@H]1COC2(CCN(C(=O)c3ncccn3)CC2)C1. The van der Waals surface area contributed by atoms with Crippen molar-refractivity contribution < 1.29 is 9.53 Å². The van der Waals surface area contributed by atoms with Gasteiger partial charge >= 0.3 is 0 Å². The third kappa shape index (κ3) is 3.29. The lowest BCUT2D eigenvalue weighted by molar-refractivity contribution is -0.0390. The van der Waals surface area contributed by atoms with Gasteiger partial charge < -0.3 is 14.5 Å². The molecule has 0 unspecified atom stereocenters. The second-order valence-corrected chi connectivity index (χ2v) is 7.16. The third-order valence-corrected chi connectivity index (χ3v) is 5.62. The molecule has 0 bridgehead atoms. The van der Waals surface area contributed by atoms with Crippen molar-refractivity contribution >= 4 is 11.6 Å². The summed E-state index contributed by atoms with van der Waals surface area (Å²) in [5.74, 6) is 0.189. The Kier molecular flexibility index (Phi) is 4.59. The van der Waals surface area contributed by atoms with E-state index in [-0.39, 0.29) is 17.3 Å². The standard InChI is InChI=1S/C20H24N4O2/c1-23(16-6-3-2-4-7-16)17-14-20(26-15-17)8-12-24(13-9-20)19(25)18-21-10-5-11-22-18/h2-7,10-11,17H,8-9,12-15H2,1H3/t17-/m0/s1. The van der Waals surface area contributed by atoms with Crippen LogP contribution >= 0.6 is 0 Å². The molecule has 3 heterocycles. The first kappa shape index (κ1) is 17.0. The van der Waals surface area contributed by atoms with E-state index >= 15 is 0 Å². The summed E-state index contributed by atoms with van der Waals surface area (Å²) < 4.78 is 6.26. The lowest BCUT2D eigenvalue weighted by Crippen LogP contribution is -2.47. The van der Waals surface area contributed by atoms with E-state index in [1.165, 1.54) is 5.69 Å². The zero-order valence-corrected chi connectivity index (χ0v) is 15.0. The Balaban J connectivity index is 1.37. The van der Waals surface area contributed by atoms with Crippen molar-refractivity contribution in [2.75, 3.05) is 31.6 Å². The fourth-order valence-electron chi connectivity index (χ4n) is 3.96. The molecule has 1 aromatic carbocycles. The normalized spacial score (nSPS) is 21.7. The average molecular weight is 352 g/mol. The van der Waals surface area contributed by atoms with Crippen molar-refractivity contribution in [3.05, 3.63) is 54.6 Å². The molecule has 0 radical (unpaired) electrons. The second kappa shape index (κ2) is 7.03. The van der Waals surface area contributed by atoms with E-state index in [0.717, 1.165) is 25.9 Å². The molecule has 2 aliphatic rings. The van der Waals surface area contributed by atoms with Gasteiger partial charge in [0.15, 0.2) is 0 Å². The molecule has 0 N–H and O–H groups in total. The summed E-state index contributed by atoms with van der Waals surface area (Å²) in [7, 11) is 2.13. The van der Waals surface area contributed by atoms with Crippen LogP contribution in [0.1, 0.15) is 29.9 Å². The number of ether oxygens (including phenoxy) is 1. The summed E-state index contributed by atoms with van der Waals surface area (Å²) in [6.07, 6.45) is 5.95. The Morgan fingerprint density at radius 3 is 2.54 bits per heavy atom. The summed E-state index contributed by atoms with van der Waals surface area (Å²) in [4.78, 5) is 24.8. The van der Waals surface area contributed by atoms with Gasteiger partial charge in [0.2, 0.25) is 5.82 Å². The Morgan fingerprint density at radius 2 is 1.85 bits per heavy atom. The van der Waals surface area contributed by atoms with Crippen molar-refractivity contribution in [1.29, 1.82) is 0 Å². The number of rotatable bonds is 3. The first-order valence-corrected chi connectivity index (χ1v) is 9.15. The van der Waals surface area contributed by atoms with Crippen molar-refractivity contribution in [3.8, 4) is 0 Å². The van der Waals surface area contributed by atoms with Gasteiger partial charge in [-0.1, -0.05) is 18.2 Å². The number of carbonyl (C=O) groups is 1. The van der Waals surface area contributed by atoms with Crippen LogP contribution in [-0.4, -0.2) is 59.2 Å². The van der Waals surface area contributed by atoms with Crippen LogP contribution in [-0.2, 0) is 4.74 Å². The summed E-state index contributed by atoms with van der Waals surface area (Å²) in [5, 5.41) is 0. The molecule has 136 valence electrons. The van der Waals surface area contributed by atoms with E-state index in [0.29, 0.717) is 19.1 Å². The number of amides is 1. The molecule has 0 saturated carbocycles. The predicted molar refractivity (Wildman–Crippen MR) is 99.1 cm³/mol. The van der Waals surface area contributed by atoms with Gasteiger partial charge in [0.05, 0.1) is 18.2 Å². The Morgan fingerprint density at radius 1 is 1.15 bits per heavy atom. The van der Waals surface area contributed by atoms with Gasteiger partial charge in [0, 0.05) is 38.2 Å². The first-order chi connectivity index (χ1) is 12.7. The van der Waals surface area contributed by atoms with Crippen LogP contribution in [0.25, 0.3) is 0 Å². The van der Waals surface area contributed by atoms with Crippen LogP contribution in [0.3, 0.4) is 0 Å². The van der Waals surface area contributed by atoms with Gasteiger partial charge in [-0.2, -0.15) is 0 Å². The lowest BCUT2D eigenvalue weighted by atomic mass is 9.87. The number of carbonyl (C=O) groups excluding carboxylic acids is 1. The third-order valence-electron chi connectivity index (χ3n) is 5.62. The van der Waals surface area contributed by atoms with Crippen LogP contribution in [0, 0.1) is 0 Å². The number of hydrogen-bond donors (Lipinski definition) is 0. The number of nitrogens with zero attached hydrogens (tertiary/aromatic N) is 4. The average Bonchev–Trinajstić information content (AvgIpc) is 3.12. The van der Waals surface area contributed by atoms with Gasteiger partial charge in [-0.05, 0) is 37.5 Å². The Bertz CT molecular complexity index is 745. The zero-order valence-electron chi connectivity index (χ0n) is 15.0. The smallest absolute Gasteiger partial charge is 0.291 e. The minimum atomic E-state index is -0.109. The number of anilines is 1. The van der Waals surface area contributed by atoms with Gasteiger partial charge in [0.25, 0.3) is 5.91 Å². The lowest BCUT2D eigenvalue weighted by Gasteiger charge is -2.38. The number of piperidine rings is 1. The largest absolute Gasteiger partial charge is 0.373 e. The van der Waals surface area contributed by atoms with Crippen molar-refractivity contribution in [3.63, 3.8) is 0 Å². The number of likely N-dealkylation sites (N-methyl/N-ethyl adjacent to an activating group) is 1. The van der Waals surface area contributed by atoms with Crippen LogP contribution in [0.4, 0.5) is 5.69 Å². The highest BCUT2D eigenvalue weighted by atomic mass is 16.5. The number of para-hydroxylation sites is 1. The van der Waals surface area contributed by atoms with Gasteiger partial charge in [-0.25, -0.2) is 9.97 Å². The molecule has 1 spiro atoms. The highest BCUT2D eigenvalue weighted by molar-refractivity contribution is 5.90. The van der Waals surface area contributed by atoms with Crippen molar-refractivity contribution in [2.24, 2.45) is 0 Å². The quantitative estimate of drug-likeness (QED) is 0.849. The molecule has 2 saturated heterocycles. The molecule has 2 aliphatic heterocycles. The maximum Gasteiger partial charge on any atom is 0.291 e. The highest BCUT2D eigenvalue weighted by Crippen LogP contribution is 2.38. The van der Waals surface area contributed by atoms with Crippen molar-refractivity contribution in [1.82, 2.24) is 14.9 Å². The van der Waals surface area contributed by atoms with Crippen molar-refractivity contribution in [2.45, 2.75) is 30.9 Å².